The first-order valence-electron chi connectivity index (χ1n) is 6.39. The maximum atomic E-state index is 5.96. The minimum Gasteiger partial charge on any atom is -0.324 e. The molecule has 0 saturated heterocycles. The number of hydrogen-bond donors (Lipinski definition) is 1. The number of aromatic nitrogens is 2. The van der Waals surface area contributed by atoms with E-state index < -0.39 is 0 Å². The fourth-order valence-corrected chi connectivity index (χ4v) is 2.58. The zero-order valence-corrected chi connectivity index (χ0v) is 10.5. The summed E-state index contributed by atoms with van der Waals surface area (Å²) in [5.41, 5.74) is 9.65. The first kappa shape index (κ1) is 10.8. The van der Waals surface area contributed by atoms with Crippen molar-refractivity contribution in [3.05, 3.63) is 29.5 Å². The summed E-state index contributed by atoms with van der Waals surface area (Å²) >= 11 is 0. The van der Waals surface area contributed by atoms with Crippen molar-refractivity contribution >= 4 is 10.9 Å². The van der Waals surface area contributed by atoms with Gasteiger partial charge in [-0.1, -0.05) is 12.5 Å². The molecule has 1 aliphatic rings. The molecule has 3 nitrogen and oxygen atoms in total. The Kier molecular flexibility index (Phi) is 2.44. The first-order valence-corrected chi connectivity index (χ1v) is 6.39. The molecule has 0 spiro atoms. The van der Waals surface area contributed by atoms with Gasteiger partial charge in [0.15, 0.2) is 0 Å². The van der Waals surface area contributed by atoms with Crippen molar-refractivity contribution in [1.29, 1.82) is 0 Å². The predicted octanol–water partition coefficient (Wildman–Crippen LogP) is 2.86. The molecule has 2 N–H and O–H groups in total. The Morgan fingerprint density at radius 2 is 2.18 bits per heavy atom. The van der Waals surface area contributed by atoms with Gasteiger partial charge in [0.05, 0.1) is 11.2 Å². The lowest BCUT2D eigenvalue weighted by Crippen LogP contribution is -2.10. The van der Waals surface area contributed by atoms with Gasteiger partial charge in [0.25, 0.3) is 0 Å². The Morgan fingerprint density at radius 1 is 1.41 bits per heavy atom. The third-order valence-electron chi connectivity index (χ3n) is 3.92. The molecule has 0 aliphatic heterocycles. The zero-order chi connectivity index (χ0) is 12.0. The second-order valence-electron chi connectivity index (χ2n) is 5.20. The highest BCUT2D eigenvalue weighted by molar-refractivity contribution is 5.83. The van der Waals surface area contributed by atoms with Crippen LogP contribution in [-0.4, -0.2) is 9.78 Å². The maximum Gasteiger partial charge on any atom is 0.0734 e. The number of nitrogens with zero attached hydrogens (tertiary/aromatic N) is 2. The summed E-state index contributed by atoms with van der Waals surface area (Å²) in [7, 11) is 2.02. The molecule has 3 rings (SSSR count). The lowest BCUT2D eigenvalue weighted by molar-refractivity contribution is 0.410. The highest BCUT2D eigenvalue weighted by Gasteiger charge is 2.25. The predicted molar refractivity (Wildman–Crippen MR) is 69.9 cm³/mol. The van der Waals surface area contributed by atoms with Crippen LogP contribution in [0.2, 0.25) is 0 Å². The van der Waals surface area contributed by atoms with E-state index in [9.17, 15) is 0 Å². The fourth-order valence-electron chi connectivity index (χ4n) is 2.58. The quantitative estimate of drug-likeness (QED) is 0.860. The van der Waals surface area contributed by atoms with Crippen LogP contribution >= 0.6 is 0 Å². The molecule has 1 saturated carbocycles. The number of fused-ring (bicyclic) bond motifs is 1. The minimum absolute atomic E-state index is 0.0915. The second-order valence-corrected chi connectivity index (χ2v) is 5.20. The Labute approximate surface area is 102 Å². The van der Waals surface area contributed by atoms with E-state index in [1.807, 2.05) is 18.7 Å². The Hall–Kier alpha value is -1.35. The van der Waals surface area contributed by atoms with E-state index in [2.05, 4.69) is 23.3 Å². The van der Waals surface area contributed by atoms with Crippen molar-refractivity contribution in [2.75, 3.05) is 0 Å². The average molecular weight is 229 g/mol. The maximum absolute atomic E-state index is 5.96. The molecule has 1 fully saturated rings. The minimum atomic E-state index is 0.0915. The van der Waals surface area contributed by atoms with E-state index in [1.54, 1.807) is 0 Å². The van der Waals surface area contributed by atoms with Crippen LogP contribution in [0.5, 0.6) is 0 Å². The van der Waals surface area contributed by atoms with Crippen LogP contribution in [-0.2, 0) is 7.05 Å². The molecule has 0 bridgehead atoms. The van der Waals surface area contributed by atoms with Gasteiger partial charge in [0.1, 0.15) is 0 Å². The van der Waals surface area contributed by atoms with E-state index in [0.29, 0.717) is 5.92 Å². The molecular formula is C14H19N3. The molecule has 0 radical (unpaired) electrons. The van der Waals surface area contributed by atoms with Gasteiger partial charge in [-0.25, -0.2) is 0 Å². The van der Waals surface area contributed by atoms with Crippen LogP contribution in [0.25, 0.3) is 10.9 Å². The fraction of sp³-hybridized carbons (Fsp3) is 0.500. The van der Waals surface area contributed by atoms with Crippen molar-refractivity contribution < 1.29 is 0 Å². The van der Waals surface area contributed by atoms with Crippen molar-refractivity contribution in [1.82, 2.24) is 9.78 Å². The summed E-state index contributed by atoms with van der Waals surface area (Å²) in [4.78, 5) is 0. The summed E-state index contributed by atoms with van der Waals surface area (Å²) in [6, 6.07) is 6.57. The van der Waals surface area contributed by atoms with Crippen molar-refractivity contribution in [2.45, 2.75) is 38.1 Å². The molecule has 17 heavy (non-hydrogen) atoms. The molecule has 1 heterocycles. The van der Waals surface area contributed by atoms with Gasteiger partial charge in [-0.15, -0.1) is 0 Å². The molecule has 1 atom stereocenters. The lowest BCUT2D eigenvalue weighted by atomic mass is 9.82. The van der Waals surface area contributed by atoms with Crippen LogP contribution < -0.4 is 5.73 Å². The molecule has 90 valence electrons. The number of nitrogens with two attached hydrogens (primary N) is 1. The Morgan fingerprint density at radius 3 is 2.76 bits per heavy atom. The van der Waals surface area contributed by atoms with E-state index in [-0.39, 0.29) is 6.04 Å². The Bertz CT molecular complexity index is 550. The average Bonchev–Trinajstić information content (AvgIpc) is 2.54. The largest absolute Gasteiger partial charge is 0.324 e. The van der Waals surface area contributed by atoms with Crippen molar-refractivity contribution in [3.63, 3.8) is 0 Å². The second kappa shape index (κ2) is 3.84. The van der Waals surface area contributed by atoms with Gasteiger partial charge in [-0.2, -0.15) is 5.10 Å². The van der Waals surface area contributed by atoms with Gasteiger partial charge in [-0.05, 0) is 37.5 Å². The Balaban J connectivity index is 2.17. The van der Waals surface area contributed by atoms with Gasteiger partial charge < -0.3 is 5.73 Å². The molecule has 1 unspecified atom stereocenters. The normalized spacial score (nSPS) is 18.3. The topological polar surface area (TPSA) is 43.8 Å². The molecule has 1 aromatic heterocycles. The third kappa shape index (κ3) is 1.65. The highest BCUT2D eigenvalue weighted by Crippen LogP contribution is 2.39. The van der Waals surface area contributed by atoms with Crippen LogP contribution in [0.3, 0.4) is 0 Å². The molecule has 2 aromatic rings. The monoisotopic (exact) mass is 229 g/mol. The van der Waals surface area contributed by atoms with Crippen LogP contribution in [0.1, 0.15) is 49.4 Å². The van der Waals surface area contributed by atoms with Crippen LogP contribution in [0.4, 0.5) is 0 Å². The summed E-state index contributed by atoms with van der Waals surface area (Å²) in [5.74, 6) is 0.669. The molecule has 1 aromatic carbocycles. The van der Waals surface area contributed by atoms with Gasteiger partial charge in [0.2, 0.25) is 0 Å². The molecule has 3 heteroatoms. The first-order chi connectivity index (χ1) is 8.16. The number of aryl methyl sites for hydroxylation is 1. The third-order valence-corrected chi connectivity index (χ3v) is 3.92. The smallest absolute Gasteiger partial charge is 0.0734 e. The summed E-state index contributed by atoms with van der Waals surface area (Å²) in [6.07, 6.45) is 3.92. The zero-order valence-electron chi connectivity index (χ0n) is 10.5. The van der Waals surface area contributed by atoms with Gasteiger partial charge in [0, 0.05) is 24.4 Å². The highest BCUT2D eigenvalue weighted by atomic mass is 15.3. The summed E-state index contributed by atoms with van der Waals surface area (Å²) < 4.78 is 1.99. The standard InChI is InChI=1S/C14H19N3/c1-9(15)11-6-7-13-12(8-11)14(16-17(13)2)10-4-3-5-10/h6-10H,3-5,15H2,1-2H3. The number of benzene rings is 1. The van der Waals surface area contributed by atoms with Gasteiger partial charge >= 0.3 is 0 Å². The van der Waals surface area contributed by atoms with E-state index in [0.717, 1.165) is 0 Å². The SMILES string of the molecule is CC(N)c1ccc2c(c1)c(C1CCC1)nn2C. The summed E-state index contributed by atoms with van der Waals surface area (Å²) in [5, 5.41) is 5.99. The summed E-state index contributed by atoms with van der Waals surface area (Å²) in [6.45, 7) is 2.03. The van der Waals surface area contributed by atoms with Crippen molar-refractivity contribution in [2.24, 2.45) is 12.8 Å². The van der Waals surface area contributed by atoms with Crippen molar-refractivity contribution in [3.8, 4) is 0 Å². The van der Waals surface area contributed by atoms with E-state index in [4.69, 9.17) is 5.73 Å². The number of rotatable bonds is 2. The molecular weight excluding hydrogens is 210 g/mol. The van der Waals surface area contributed by atoms with Crippen LogP contribution in [0.15, 0.2) is 18.2 Å². The number of hydrogen-bond acceptors (Lipinski definition) is 2. The van der Waals surface area contributed by atoms with Crippen LogP contribution in [0, 0.1) is 0 Å². The molecule has 1 aliphatic carbocycles. The lowest BCUT2D eigenvalue weighted by Gasteiger charge is -2.23. The van der Waals surface area contributed by atoms with Gasteiger partial charge in [-0.3, -0.25) is 4.68 Å². The molecule has 0 amide bonds. The van der Waals surface area contributed by atoms with E-state index >= 15 is 0 Å². The van der Waals surface area contributed by atoms with E-state index in [1.165, 1.54) is 41.4 Å².